The highest BCUT2D eigenvalue weighted by molar-refractivity contribution is 6.81. The third-order valence-electron chi connectivity index (χ3n) is 9.37. The van der Waals surface area contributed by atoms with Gasteiger partial charge in [-0.2, -0.15) is 0 Å². The lowest BCUT2D eigenvalue weighted by atomic mass is 10.0. The van der Waals surface area contributed by atoms with E-state index in [1.54, 1.807) is 22.3 Å². The first-order valence-corrected chi connectivity index (χ1v) is 20.4. The maximum Gasteiger partial charge on any atom is 0.0715 e. The summed E-state index contributed by atoms with van der Waals surface area (Å²) < 4.78 is 11.8. The summed E-state index contributed by atoms with van der Waals surface area (Å²) in [5.74, 6) is 0. The van der Waals surface area contributed by atoms with Crippen molar-refractivity contribution >= 4 is 19.2 Å². The molecule has 0 saturated carbocycles. The number of hydrogen-bond donors (Lipinski definition) is 0. The molecule has 236 valence electrons. The van der Waals surface area contributed by atoms with Gasteiger partial charge in [0.05, 0.1) is 19.3 Å². The van der Waals surface area contributed by atoms with Crippen LogP contribution < -0.4 is 0 Å². The molecule has 43 heavy (non-hydrogen) atoms. The van der Waals surface area contributed by atoms with Crippen molar-refractivity contribution in [1.29, 1.82) is 0 Å². The van der Waals surface area contributed by atoms with Crippen molar-refractivity contribution < 1.29 is 9.47 Å². The average molecular weight is 601 g/mol. The first-order chi connectivity index (χ1) is 20.4. The van der Waals surface area contributed by atoms with Crippen LogP contribution in [-0.4, -0.2) is 32.5 Å². The minimum Gasteiger partial charge on any atom is -0.376 e. The van der Waals surface area contributed by atoms with E-state index in [1.165, 1.54) is 62.5 Å². The number of ether oxygens (including phenoxy) is 2. The molecular weight excluding hydrogens is 541 g/mol. The summed E-state index contributed by atoms with van der Waals surface area (Å²) in [5, 5.41) is 0. The second-order valence-corrected chi connectivity index (χ2v) is 20.5. The number of unbranched alkanes of at least 4 members (excludes halogenated alkanes) is 6. The second kappa shape index (κ2) is 14.9. The summed E-state index contributed by atoms with van der Waals surface area (Å²) in [5.41, 5.74) is 10.5. The van der Waals surface area contributed by atoms with Crippen LogP contribution in [-0.2, 0) is 9.47 Å². The van der Waals surface area contributed by atoms with Gasteiger partial charge in [0.25, 0.3) is 0 Å². The van der Waals surface area contributed by atoms with Crippen LogP contribution in [0.4, 0.5) is 0 Å². The molecule has 0 fully saturated rings. The van der Waals surface area contributed by atoms with Crippen molar-refractivity contribution in [3.05, 3.63) is 82.9 Å². The maximum atomic E-state index is 5.92. The molecule has 2 unspecified atom stereocenters. The van der Waals surface area contributed by atoms with Crippen molar-refractivity contribution in [3.8, 4) is 0 Å². The molecule has 2 aromatic carbocycles. The fourth-order valence-electron chi connectivity index (χ4n) is 7.04. The SMILES string of the molecule is CC(C)(C)OCCCCCCC1=CC([Si](C)(C)C2C=C(CCCCCCOC(C)(C)C)c3ccccc32)c2ccccc21. The maximum absolute atomic E-state index is 5.92. The quantitative estimate of drug-likeness (QED) is 0.141. The van der Waals surface area contributed by atoms with E-state index >= 15 is 0 Å². The van der Waals surface area contributed by atoms with E-state index in [4.69, 9.17) is 9.47 Å². The van der Waals surface area contributed by atoms with Crippen molar-refractivity contribution in [1.82, 2.24) is 0 Å². The smallest absolute Gasteiger partial charge is 0.0715 e. The Labute approximate surface area is 265 Å². The van der Waals surface area contributed by atoms with Gasteiger partial charge in [-0.25, -0.2) is 0 Å². The number of benzene rings is 2. The molecule has 0 aliphatic heterocycles. The Morgan fingerprint density at radius 3 is 1.30 bits per heavy atom. The van der Waals surface area contributed by atoms with E-state index in [-0.39, 0.29) is 11.2 Å². The van der Waals surface area contributed by atoms with Crippen LogP contribution in [0.25, 0.3) is 11.1 Å². The number of hydrogen-bond acceptors (Lipinski definition) is 2. The van der Waals surface area contributed by atoms with E-state index in [9.17, 15) is 0 Å². The Balaban J connectivity index is 1.39. The zero-order valence-corrected chi connectivity index (χ0v) is 29.7. The van der Waals surface area contributed by atoms with Crippen molar-refractivity contribution in [2.24, 2.45) is 0 Å². The van der Waals surface area contributed by atoms with Crippen LogP contribution in [0, 0.1) is 0 Å². The van der Waals surface area contributed by atoms with Gasteiger partial charge >= 0.3 is 0 Å². The lowest BCUT2D eigenvalue weighted by Gasteiger charge is -2.35. The van der Waals surface area contributed by atoms with E-state index in [1.807, 2.05) is 0 Å². The van der Waals surface area contributed by atoms with Crippen LogP contribution >= 0.6 is 0 Å². The molecule has 3 heteroatoms. The minimum atomic E-state index is -1.78. The molecule has 4 rings (SSSR count). The highest BCUT2D eigenvalue weighted by Crippen LogP contribution is 2.51. The van der Waals surface area contributed by atoms with Crippen molar-refractivity contribution in [2.75, 3.05) is 13.2 Å². The molecule has 2 aliphatic carbocycles. The van der Waals surface area contributed by atoms with E-state index in [0.717, 1.165) is 26.1 Å². The Morgan fingerprint density at radius 1 is 0.535 bits per heavy atom. The molecule has 0 heterocycles. The lowest BCUT2D eigenvalue weighted by Crippen LogP contribution is -2.39. The Hall–Kier alpha value is -1.94. The minimum absolute atomic E-state index is 0.0264. The van der Waals surface area contributed by atoms with Gasteiger partial charge in [-0.15, -0.1) is 0 Å². The second-order valence-electron chi connectivity index (χ2n) is 15.6. The highest BCUT2D eigenvalue weighted by atomic mass is 28.3. The normalized spacial score (nSPS) is 18.4. The summed E-state index contributed by atoms with van der Waals surface area (Å²) in [4.78, 5) is 0. The summed E-state index contributed by atoms with van der Waals surface area (Å²) in [6.45, 7) is 19.9. The fourth-order valence-corrected chi connectivity index (χ4v) is 10.8. The van der Waals surface area contributed by atoms with Gasteiger partial charge in [0.2, 0.25) is 0 Å². The van der Waals surface area contributed by atoms with Crippen LogP contribution in [0.2, 0.25) is 13.1 Å². The number of allylic oxidation sites excluding steroid dienone is 4. The van der Waals surface area contributed by atoms with E-state index < -0.39 is 8.07 Å². The molecule has 2 aromatic rings. The van der Waals surface area contributed by atoms with Gasteiger partial charge < -0.3 is 9.47 Å². The van der Waals surface area contributed by atoms with Gasteiger partial charge in [0, 0.05) is 13.2 Å². The first kappa shape index (κ1) is 33.9. The monoisotopic (exact) mass is 600 g/mol. The van der Waals surface area contributed by atoms with Gasteiger partial charge in [0.1, 0.15) is 0 Å². The largest absolute Gasteiger partial charge is 0.376 e. The first-order valence-electron chi connectivity index (χ1n) is 17.2. The molecule has 0 amide bonds. The predicted molar refractivity (Wildman–Crippen MR) is 189 cm³/mol. The molecule has 0 bridgehead atoms. The topological polar surface area (TPSA) is 18.5 Å². The summed E-state index contributed by atoms with van der Waals surface area (Å²) in [6.07, 6.45) is 17.7. The van der Waals surface area contributed by atoms with E-state index in [2.05, 4.69) is 115 Å². The van der Waals surface area contributed by atoms with Gasteiger partial charge in [-0.3, -0.25) is 0 Å². The van der Waals surface area contributed by atoms with Crippen LogP contribution in [0.1, 0.15) is 139 Å². The highest BCUT2D eigenvalue weighted by Gasteiger charge is 2.44. The summed E-state index contributed by atoms with van der Waals surface area (Å²) >= 11 is 0. The zero-order valence-electron chi connectivity index (χ0n) is 28.7. The van der Waals surface area contributed by atoms with Gasteiger partial charge in [-0.1, -0.05) is 99.5 Å². The van der Waals surface area contributed by atoms with Crippen molar-refractivity contribution in [2.45, 2.75) is 141 Å². The predicted octanol–water partition coefficient (Wildman–Crippen LogP) is 11.7. The average Bonchev–Trinajstić information content (AvgIpc) is 3.51. The molecule has 0 N–H and O–H groups in total. The molecular formula is C40H60O2Si. The summed E-state index contributed by atoms with van der Waals surface area (Å²) in [6, 6.07) is 18.6. The molecule has 0 aromatic heterocycles. The molecule has 2 aliphatic rings. The molecule has 0 saturated heterocycles. The fraction of sp³-hybridized carbons (Fsp3) is 0.600. The van der Waals surface area contributed by atoms with Crippen LogP contribution in [0.15, 0.2) is 60.7 Å². The van der Waals surface area contributed by atoms with Gasteiger partial charge in [-0.05, 0) is 125 Å². The van der Waals surface area contributed by atoms with Crippen LogP contribution in [0.5, 0.6) is 0 Å². The zero-order chi connectivity index (χ0) is 31.1. The third-order valence-corrected chi connectivity index (χ3v) is 13.5. The molecule has 2 nitrogen and oxygen atoms in total. The van der Waals surface area contributed by atoms with Crippen molar-refractivity contribution in [3.63, 3.8) is 0 Å². The standard InChI is InChI=1S/C40H60O2Si/c1-39(2,3)41-27-19-11-9-13-21-31-29-37(35-25-17-15-23-33(31)35)43(7,8)38-30-32(34-24-16-18-26-36(34)38)22-14-10-12-20-28-42-40(4,5)6/h15-18,23-26,29-30,37-38H,9-14,19-22,27-28H2,1-8H3. The molecule has 0 radical (unpaired) electrons. The summed E-state index contributed by atoms with van der Waals surface area (Å²) in [7, 11) is -1.78. The Kier molecular flexibility index (Phi) is 11.8. The molecule has 0 spiro atoms. The van der Waals surface area contributed by atoms with Crippen LogP contribution in [0.3, 0.4) is 0 Å². The number of fused-ring (bicyclic) bond motifs is 2. The third kappa shape index (κ3) is 9.52. The van der Waals surface area contributed by atoms with E-state index in [0.29, 0.717) is 11.1 Å². The van der Waals surface area contributed by atoms with Gasteiger partial charge in [0.15, 0.2) is 0 Å². The Bertz CT molecular complexity index is 1140. The Morgan fingerprint density at radius 2 is 0.907 bits per heavy atom. The lowest BCUT2D eigenvalue weighted by molar-refractivity contribution is -0.00509. The molecule has 2 atom stereocenters. The number of rotatable bonds is 16.